The smallest absolute Gasteiger partial charge is 0.265 e. The Morgan fingerprint density at radius 2 is 2.12 bits per heavy atom. The Kier molecular flexibility index (Phi) is 2.59. The molecule has 0 aliphatic carbocycles. The lowest BCUT2D eigenvalue weighted by molar-refractivity contribution is -0.121. The SMILES string of the molecule is CC(C)(N)CN1C(=O)COc2ccccc21. The van der Waals surface area contributed by atoms with Crippen molar-refractivity contribution in [1.82, 2.24) is 0 Å². The number of ether oxygens (including phenoxy) is 1. The molecule has 1 aliphatic heterocycles. The number of nitrogens with two attached hydrogens (primary N) is 1. The Balaban J connectivity index is 2.33. The fraction of sp³-hybridized carbons (Fsp3) is 0.417. The van der Waals surface area contributed by atoms with E-state index in [0.29, 0.717) is 6.54 Å². The molecule has 1 amide bonds. The topological polar surface area (TPSA) is 55.6 Å². The highest BCUT2D eigenvalue weighted by atomic mass is 16.5. The number of nitrogens with zero attached hydrogens (tertiary/aromatic N) is 1. The summed E-state index contributed by atoms with van der Waals surface area (Å²) in [4.78, 5) is 13.5. The summed E-state index contributed by atoms with van der Waals surface area (Å²) in [5.74, 6) is 0.698. The van der Waals surface area contributed by atoms with Crippen LogP contribution >= 0.6 is 0 Å². The van der Waals surface area contributed by atoms with Crippen LogP contribution in [0.25, 0.3) is 0 Å². The summed E-state index contributed by atoms with van der Waals surface area (Å²) < 4.78 is 5.35. The molecule has 1 aromatic rings. The number of benzene rings is 1. The molecule has 0 aromatic heterocycles. The molecule has 0 saturated carbocycles. The van der Waals surface area contributed by atoms with Crippen molar-refractivity contribution >= 4 is 11.6 Å². The largest absolute Gasteiger partial charge is 0.482 e. The molecule has 1 aromatic carbocycles. The van der Waals surface area contributed by atoms with Crippen LogP contribution in [0.2, 0.25) is 0 Å². The molecule has 0 atom stereocenters. The number of carbonyl (C=O) groups excluding carboxylic acids is 1. The van der Waals surface area contributed by atoms with Gasteiger partial charge in [-0.3, -0.25) is 4.79 Å². The maximum atomic E-state index is 11.8. The van der Waals surface area contributed by atoms with Crippen molar-refractivity contribution in [1.29, 1.82) is 0 Å². The first-order chi connectivity index (χ1) is 7.47. The molecule has 0 unspecified atom stereocenters. The standard InChI is InChI=1S/C12H16N2O2/c1-12(2,13)8-14-9-5-3-4-6-10(9)16-7-11(14)15/h3-6H,7-8,13H2,1-2H3. The fourth-order valence-corrected chi connectivity index (χ4v) is 1.73. The van der Waals surface area contributed by atoms with E-state index in [2.05, 4.69) is 0 Å². The molecule has 16 heavy (non-hydrogen) atoms. The summed E-state index contributed by atoms with van der Waals surface area (Å²) >= 11 is 0. The highest BCUT2D eigenvalue weighted by Crippen LogP contribution is 2.31. The van der Waals surface area contributed by atoms with Crippen molar-refractivity contribution < 1.29 is 9.53 Å². The van der Waals surface area contributed by atoms with E-state index < -0.39 is 5.54 Å². The molecular formula is C12H16N2O2. The lowest BCUT2D eigenvalue weighted by Gasteiger charge is -2.33. The number of amides is 1. The van der Waals surface area contributed by atoms with E-state index in [-0.39, 0.29) is 12.5 Å². The molecule has 0 saturated heterocycles. The number of carbonyl (C=O) groups is 1. The van der Waals surface area contributed by atoms with E-state index in [4.69, 9.17) is 10.5 Å². The van der Waals surface area contributed by atoms with Gasteiger partial charge < -0.3 is 15.4 Å². The number of rotatable bonds is 2. The minimum atomic E-state index is -0.417. The van der Waals surface area contributed by atoms with Gasteiger partial charge in [-0.25, -0.2) is 0 Å². The lowest BCUT2D eigenvalue weighted by Crippen LogP contribution is -2.50. The molecule has 4 heteroatoms. The van der Waals surface area contributed by atoms with Crippen LogP contribution in [-0.2, 0) is 4.79 Å². The summed E-state index contributed by atoms with van der Waals surface area (Å²) in [7, 11) is 0. The van der Waals surface area contributed by atoms with Crippen LogP contribution in [0, 0.1) is 0 Å². The Hall–Kier alpha value is -1.55. The van der Waals surface area contributed by atoms with Gasteiger partial charge in [0.25, 0.3) is 5.91 Å². The van der Waals surface area contributed by atoms with E-state index in [0.717, 1.165) is 11.4 Å². The third kappa shape index (κ3) is 2.17. The molecule has 0 fully saturated rings. The monoisotopic (exact) mass is 220 g/mol. The van der Waals surface area contributed by atoms with Crippen molar-refractivity contribution in [3.05, 3.63) is 24.3 Å². The molecule has 86 valence electrons. The van der Waals surface area contributed by atoms with Gasteiger partial charge in [0.15, 0.2) is 6.61 Å². The lowest BCUT2D eigenvalue weighted by atomic mass is 10.1. The Labute approximate surface area is 95.0 Å². The van der Waals surface area contributed by atoms with E-state index in [1.165, 1.54) is 0 Å². The van der Waals surface area contributed by atoms with E-state index in [1.807, 2.05) is 38.1 Å². The van der Waals surface area contributed by atoms with E-state index >= 15 is 0 Å². The number of hydrogen-bond acceptors (Lipinski definition) is 3. The van der Waals surface area contributed by atoms with Gasteiger partial charge in [-0.05, 0) is 26.0 Å². The molecule has 4 nitrogen and oxygen atoms in total. The zero-order chi connectivity index (χ0) is 11.8. The Morgan fingerprint density at radius 1 is 1.44 bits per heavy atom. The molecule has 0 bridgehead atoms. The van der Waals surface area contributed by atoms with Crippen LogP contribution in [0.3, 0.4) is 0 Å². The van der Waals surface area contributed by atoms with Crippen LogP contribution in [0.1, 0.15) is 13.8 Å². The molecule has 0 radical (unpaired) electrons. The summed E-state index contributed by atoms with van der Waals surface area (Å²) in [6, 6.07) is 7.51. The Morgan fingerprint density at radius 3 is 2.81 bits per heavy atom. The average Bonchev–Trinajstić information content (AvgIpc) is 2.21. The van der Waals surface area contributed by atoms with Crippen molar-refractivity contribution in [3.8, 4) is 5.75 Å². The first kappa shape index (κ1) is 11.0. The quantitative estimate of drug-likeness (QED) is 0.813. The highest BCUT2D eigenvalue weighted by molar-refractivity contribution is 5.97. The second kappa shape index (κ2) is 3.79. The number of para-hydroxylation sites is 2. The van der Waals surface area contributed by atoms with E-state index in [9.17, 15) is 4.79 Å². The summed E-state index contributed by atoms with van der Waals surface area (Å²) in [5, 5.41) is 0. The molecule has 1 heterocycles. The van der Waals surface area contributed by atoms with Gasteiger partial charge >= 0.3 is 0 Å². The van der Waals surface area contributed by atoms with Crippen LogP contribution in [-0.4, -0.2) is 24.6 Å². The Bertz CT molecular complexity index is 410. The van der Waals surface area contributed by atoms with Crippen LogP contribution < -0.4 is 15.4 Å². The zero-order valence-corrected chi connectivity index (χ0v) is 9.56. The zero-order valence-electron chi connectivity index (χ0n) is 9.56. The molecule has 2 rings (SSSR count). The van der Waals surface area contributed by atoms with Gasteiger partial charge in [0, 0.05) is 12.1 Å². The van der Waals surface area contributed by atoms with Gasteiger partial charge in [-0.15, -0.1) is 0 Å². The number of anilines is 1. The molecule has 1 aliphatic rings. The summed E-state index contributed by atoms with van der Waals surface area (Å²) in [6.07, 6.45) is 0. The fourth-order valence-electron chi connectivity index (χ4n) is 1.73. The maximum absolute atomic E-state index is 11.8. The van der Waals surface area contributed by atoms with Crippen molar-refractivity contribution in [2.45, 2.75) is 19.4 Å². The van der Waals surface area contributed by atoms with Crippen LogP contribution in [0.15, 0.2) is 24.3 Å². The van der Waals surface area contributed by atoms with Gasteiger partial charge in [0.1, 0.15) is 5.75 Å². The van der Waals surface area contributed by atoms with Gasteiger partial charge in [-0.1, -0.05) is 12.1 Å². The minimum Gasteiger partial charge on any atom is -0.482 e. The highest BCUT2D eigenvalue weighted by Gasteiger charge is 2.28. The van der Waals surface area contributed by atoms with Crippen molar-refractivity contribution in [3.63, 3.8) is 0 Å². The first-order valence-electron chi connectivity index (χ1n) is 5.28. The number of fused-ring (bicyclic) bond motifs is 1. The first-order valence-corrected chi connectivity index (χ1v) is 5.28. The van der Waals surface area contributed by atoms with E-state index in [1.54, 1.807) is 4.90 Å². The molecule has 0 spiro atoms. The van der Waals surface area contributed by atoms with Crippen molar-refractivity contribution in [2.24, 2.45) is 5.73 Å². The maximum Gasteiger partial charge on any atom is 0.265 e. The van der Waals surface area contributed by atoms with Crippen molar-refractivity contribution in [2.75, 3.05) is 18.1 Å². The number of hydrogen-bond donors (Lipinski definition) is 1. The third-order valence-electron chi connectivity index (χ3n) is 2.37. The second-order valence-electron chi connectivity index (χ2n) is 4.72. The summed E-state index contributed by atoms with van der Waals surface area (Å²) in [6.45, 7) is 4.38. The third-order valence-corrected chi connectivity index (χ3v) is 2.37. The van der Waals surface area contributed by atoms with Gasteiger partial charge in [0.05, 0.1) is 5.69 Å². The minimum absolute atomic E-state index is 0.0442. The second-order valence-corrected chi connectivity index (χ2v) is 4.72. The average molecular weight is 220 g/mol. The van der Waals surface area contributed by atoms with Crippen LogP contribution in [0.4, 0.5) is 5.69 Å². The predicted molar refractivity (Wildman–Crippen MR) is 62.6 cm³/mol. The van der Waals surface area contributed by atoms with Gasteiger partial charge in [0.2, 0.25) is 0 Å². The summed E-state index contributed by atoms with van der Waals surface area (Å²) in [5.41, 5.74) is 6.34. The van der Waals surface area contributed by atoms with Crippen LogP contribution in [0.5, 0.6) is 5.75 Å². The van der Waals surface area contributed by atoms with Gasteiger partial charge in [-0.2, -0.15) is 0 Å². The normalized spacial score (nSPS) is 15.7. The predicted octanol–water partition coefficient (Wildman–Crippen LogP) is 1.15. The molecular weight excluding hydrogens is 204 g/mol. The molecule has 2 N–H and O–H groups in total.